The minimum absolute atomic E-state index is 0.591. The smallest absolute Gasteiger partial charge is 0.186 e. The third kappa shape index (κ3) is 2.02. The molecule has 0 atom stereocenters. The average Bonchev–Trinajstić information content (AvgIpc) is 2.79. The molecule has 2 aromatic rings. The third-order valence-corrected chi connectivity index (χ3v) is 4.71. The highest BCUT2D eigenvalue weighted by Gasteiger charge is 2.19. The fourth-order valence-electron chi connectivity index (χ4n) is 2.40. The summed E-state index contributed by atoms with van der Waals surface area (Å²) in [5.41, 5.74) is 9.70. The second-order valence-corrected chi connectivity index (χ2v) is 5.71. The molecule has 0 saturated carbocycles. The first kappa shape index (κ1) is 11.7. The first-order valence-corrected chi connectivity index (χ1v) is 7.07. The van der Waals surface area contributed by atoms with Gasteiger partial charge in [0.1, 0.15) is 0 Å². The second kappa shape index (κ2) is 4.71. The minimum Gasteiger partial charge on any atom is -0.343 e. The number of anilines is 1. The summed E-state index contributed by atoms with van der Waals surface area (Å²) in [4.78, 5) is 8.20. The van der Waals surface area contributed by atoms with E-state index in [0.717, 1.165) is 30.3 Å². The summed E-state index contributed by atoms with van der Waals surface area (Å²) < 4.78 is 0. The largest absolute Gasteiger partial charge is 0.343 e. The van der Waals surface area contributed by atoms with Gasteiger partial charge in [-0.15, -0.1) is 11.3 Å². The van der Waals surface area contributed by atoms with Crippen LogP contribution in [0.15, 0.2) is 24.3 Å². The minimum atomic E-state index is 0.591. The van der Waals surface area contributed by atoms with Crippen molar-refractivity contribution in [2.75, 3.05) is 11.4 Å². The van der Waals surface area contributed by atoms with Crippen molar-refractivity contribution in [3.63, 3.8) is 0 Å². The molecule has 0 spiro atoms. The Hall–Kier alpha value is -1.39. The monoisotopic (exact) mass is 259 g/mol. The molecule has 2 heterocycles. The predicted molar refractivity (Wildman–Crippen MR) is 75.9 cm³/mol. The van der Waals surface area contributed by atoms with Crippen LogP contribution in [0.4, 0.5) is 5.13 Å². The van der Waals surface area contributed by atoms with Crippen LogP contribution in [0, 0.1) is 6.92 Å². The van der Waals surface area contributed by atoms with E-state index in [1.165, 1.54) is 16.0 Å². The van der Waals surface area contributed by atoms with Crippen molar-refractivity contribution in [2.45, 2.75) is 26.4 Å². The Bertz CT molecular complexity index is 562. The number of hydrogen-bond acceptors (Lipinski definition) is 4. The van der Waals surface area contributed by atoms with Crippen LogP contribution in [0.1, 0.15) is 21.7 Å². The number of aromatic nitrogens is 1. The Balaban J connectivity index is 1.87. The van der Waals surface area contributed by atoms with E-state index in [4.69, 9.17) is 5.73 Å². The molecule has 0 radical (unpaired) electrons. The van der Waals surface area contributed by atoms with Gasteiger partial charge in [0.2, 0.25) is 0 Å². The van der Waals surface area contributed by atoms with Gasteiger partial charge >= 0.3 is 0 Å². The van der Waals surface area contributed by atoms with Crippen molar-refractivity contribution in [2.24, 2.45) is 5.73 Å². The lowest BCUT2D eigenvalue weighted by Crippen LogP contribution is -2.30. The summed E-state index contributed by atoms with van der Waals surface area (Å²) in [7, 11) is 0. The lowest BCUT2D eigenvalue weighted by Gasteiger charge is -2.28. The van der Waals surface area contributed by atoms with Gasteiger partial charge in [-0.3, -0.25) is 0 Å². The van der Waals surface area contributed by atoms with Crippen LogP contribution in [0.2, 0.25) is 0 Å². The third-order valence-electron chi connectivity index (χ3n) is 3.47. The summed E-state index contributed by atoms with van der Waals surface area (Å²) in [6, 6.07) is 8.67. The van der Waals surface area contributed by atoms with Gasteiger partial charge in [-0.2, -0.15) is 0 Å². The topological polar surface area (TPSA) is 42.2 Å². The maximum atomic E-state index is 5.72. The van der Waals surface area contributed by atoms with Gasteiger partial charge in [-0.05, 0) is 24.5 Å². The second-order valence-electron chi connectivity index (χ2n) is 4.65. The van der Waals surface area contributed by atoms with Crippen LogP contribution < -0.4 is 10.6 Å². The number of nitrogens with zero attached hydrogens (tertiary/aromatic N) is 2. The lowest BCUT2D eigenvalue weighted by molar-refractivity contribution is 0.728. The Kier molecular flexibility index (Phi) is 3.06. The molecule has 0 saturated heterocycles. The van der Waals surface area contributed by atoms with E-state index in [0.29, 0.717) is 6.54 Å². The number of fused-ring (bicyclic) bond motifs is 1. The maximum Gasteiger partial charge on any atom is 0.186 e. The molecule has 0 amide bonds. The normalized spacial score (nSPS) is 14.7. The van der Waals surface area contributed by atoms with Gasteiger partial charge in [0, 0.05) is 24.5 Å². The summed E-state index contributed by atoms with van der Waals surface area (Å²) in [6.07, 6.45) is 1.10. The molecule has 1 aliphatic rings. The van der Waals surface area contributed by atoms with E-state index in [1.54, 1.807) is 11.3 Å². The Labute approximate surface area is 111 Å². The Morgan fingerprint density at radius 3 is 2.83 bits per heavy atom. The number of benzene rings is 1. The molecular weight excluding hydrogens is 242 g/mol. The summed E-state index contributed by atoms with van der Waals surface area (Å²) in [5, 5.41) is 1.11. The van der Waals surface area contributed by atoms with E-state index in [-0.39, 0.29) is 0 Å². The highest BCUT2D eigenvalue weighted by molar-refractivity contribution is 7.15. The fraction of sp³-hybridized carbons (Fsp3) is 0.357. The van der Waals surface area contributed by atoms with Crippen molar-refractivity contribution >= 4 is 16.5 Å². The van der Waals surface area contributed by atoms with Crippen LogP contribution in [-0.4, -0.2) is 11.5 Å². The summed E-state index contributed by atoms with van der Waals surface area (Å²) in [6.45, 7) is 4.65. The van der Waals surface area contributed by atoms with Crippen LogP contribution in [0.25, 0.3) is 0 Å². The molecule has 0 unspecified atom stereocenters. The van der Waals surface area contributed by atoms with Crippen LogP contribution in [0.3, 0.4) is 0 Å². The summed E-state index contributed by atoms with van der Waals surface area (Å²) >= 11 is 1.73. The van der Waals surface area contributed by atoms with Crippen molar-refractivity contribution in [3.05, 3.63) is 46.0 Å². The van der Waals surface area contributed by atoms with E-state index in [1.807, 2.05) is 6.92 Å². The quantitative estimate of drug-likeness (QED) is 0.901. The first-order chi connectivity index (χ1) is 8.78. The summed E-state index contributed by atoms with van der Waals surface area (Å²) in [5.74, 6) is 0. The Morgan fingerprint density at radius 1 is 1.33 bits per heavy atom. The van der Waals surface area contributed by atoms with Gasteiger partial charge in [0.25, 0.3) is 0 Å². The van der Waals surface area contributed by atoms with E-state index in [2.05, 4.69) is 34.1 Å². The van der Waals surface area contributed by atoms with Gasteiger partial charge in [-0.1, -0.05) is 24.3 Å². The number of rotatable bonds is 2. The zero-order valence-corrected chi connectivity index (χ0v) is 11.3. The number of nitrogens with two attached hydrogens (primary N) is 1. The molecule has 4 heteroatoms. The van der Waals surface area contributed by atoms with Gasteiger partial charge in [0.15, 0.2) is 5.13 Å². The number of hydrogen-bond donors (Lipinski definition) is 1. The van der Waals surface area contributed by atoms with E-state index >= 15 is 0 Å². The van der Waals surface area contributed by atoms with Crippen LogP contribution in [0.5, 0.6) is 0 Å². The van der Waals surface area contributed by atoms with Crippen LogP contribution in [-0.2, 0) is 19.5 Å². The molecule has 18 heavy (non-hydrogen) atoms. The van der Waals surface area contributed by atoms with Gasteiger partial charge < -0.3 is 10.6 Å². The van der Waals surface area contributed by atoms with Crippen molar-refractivity contribution in [1.29, 1.82) is 0 Å². The molecule has 1 aliphatic heterocycles. The molecule has 2 N–H and O–H groups in total. The van der Waals surface area contributed by atoms with Gasteiger partial charge in [0.05, 0.1) is 5.69 Å². The highest BCUT2D eigenvalue weighted by Crippen LogP contribution is 2.29. The molecule has 0 aliphatic carbocycles. The SMILES string of the molecule is Cc1nc(N2CCc3ccccc3C2)sc1CN. The molecule has 1 aromatic heterocycles. The molecule has 94 valence electrons. The predicted octanol–water partition coefficient (Wildman–Crippen LogP) is 2.47. The first-order valence-electron chi connectivity index (χ1n) is 6.26. The van der Waals surface area contributed by atoms with Crippen molar-refractivity contribution < 1.29 is 0 Å². The molecule has 3 rings (SSSR count). The lowest BCUT2D eigenvalue weighted by atomic mass is 10.0. The molecular formula is C14H17N3S. The van der Waals surface area contributed by atoms with Crippen molar-refractivity contribution in [3.8, 4) is 0 Å². The fourth-order valence-corrected chi connectivity index (χ4v) is 3.36. The molecule has 0 fully saturated rings. The zero-order valence-electron chi connectivity index (χ0n) is 10.5. The average molecular weight is 259 g/mol. The molecule has 0 bridgehead atoms. The van der Waals surface area contributed by atoms with Gasteiger partial charge in [-0.25, -0.2) is 4.98 Å². The van der Waals surface area contributed by atoms with E-state index in [9.17, 15) is 0 Å². The number of aryl methyl sites for hydroxylation is 1. The molecule has 1 aromatic carbocycles. The van der Waals surface area contributed by atoms with E-state index < -0.39 is 0 Å². The maximum absolute atomic E-state index is 5.72. The standard InChI is InChI=1S/C14H17N3S/c1-10-13(8-15)18-14(16-10)17-7-6-11-4-2-3-5-12(11)9-17/h2-5H,6-9,15H2,1H3. The molecule has 3 nitrogen and oxygen atoms in total. The highest BCUT2D eigenvalue weighted by atomic mass is 32.1. The zero-order chi connectivity index (χ0) is 12.5. The van der Waals surface area contributed by atoms with Crippen LogP contribution >= 0.6 is 11.3 Å². The van der Waals surface area contributed by atoms with Crippen molar-refractivity contribution in [1.82, 2.24) is 4.98 Å². The number of thiazole rings is 1. The Morgan fingerprint density at radius 2 is 2.11 bits per heavy atom.